The molecule has 108 valence electrons. The van der Waals surface area contributed by atoms with Gasteiger partial charge in [-0.25, -0.2) is 0 Å². The van der Waals surface area contributed by atoms with Crippen LogP contribution in [0.1, 0.15) is 24.8 Å². The first-order chi connectivity index (χ1) is 9.43. The van der Waals surface area contributed by atoms with Crippen molar-refractivity contribution in [2.24, 2.45) is 5.92 Å². The van der Waals surface area contributed by atoms with Gasteiger partial charge in [0.1, 0.15) is 6.54 Å². The molecular weight excluding hydrogens is 301 g/mol. The van der Waals surface area contributed by atoms with Crippen molar-refractivity contribution < 1.29 is 14.7 Å². The summed E-state index contributed by atoms with van der Waals surface area (Å²) in [6.45, 7) is 1.92. The first-order valence-corrected chi connectivity index (χ1v) is 7.15. The van der Waals surface area contributed by atoms with Gasteiger partial charge in [-0.1, -0.05) is 29.3 Å². The summed E-state index contributed by atoms with van der Waals surface area (Å²) in [4.78, 5) is 24.3. The average Bonchev–Trinajstić information content (AvgIpc) is 3.18. The number of carboxylic acid groups (broad SMARTS) is 1. The van der Waals surface area contributed by atoms with Crippen LogP contribution in [-0.2, 0) is 9.59 Å². The minimum Gasteiger partial charge on any atom is -0.480 e. The molecule has 0 radical (unpaired) electrons. The van der Waals surface area contributed by atoms with Crippen LogP contribution in [0.15, 0.2) is 18.2 Å². The number of carbonyl (C=O) groups is 2. The fourth-order valence-electron chi connectivity index (χ4n) is 2.32. The molecule has 0 spiro atoms. The molecule has 1 aliphatic carbocycles. The smallest absolute Gasteiger partial charge is 0.323 e. The third kappa shape index (κ3) is 3.25. The predicted molar refractivity (Wildman–Crippen MR) is 77.2 cm³/mol. The van der Waals surface area contributed by atoms with Crippen molar-refractivity contribution in [1.29, 1.82) is 0 Å². The molecule has 20 heavy (non-hydrogen) atoms. The quantitative estimate of drug-likeness (QED) is 0.908. The van der Waals surface area contributed by atoms with Crippen molar-refractivity contribution in [1.82, 2.24) is 4.90 Å². The Bertz CT molecular complexity index is 547. The number of carboxylic acids is 1. The van der Waals surface area contributed by atoms with E-state index in [-0.39, 0.29) is 24.3 Å². The Morgan fingerprint density at radius 1 is 1.35 bits per heavy atom. The zero-order chi connectivity index (χ0) is 14.9. The van der Waals surface area contributed by atoms with E-state index in [4.69, 9.17) is 28.3 Å². The lowest BCUT2D eigenvalue weighted by molar-refractivity contribution is -0.144. The number of halogens is 2. The number of hydrogen-bond acceptors (Lipinski definition) is 2. The van der Waals surface area contributed by atoms with Crippen LogP contribution in [0.4, 0.5) is 0 Å². The highest BCUT2D eigenvalue weighted by Gasteiger charge is 2.45. The van der Waals surface area contributed by atoms with Gasteiger partial charge in [0.15, 0.2) is 0 Å². The lowest BCUT2D eigenvalue weighted by Gasteiger charge is -2.18. The Hall–Kier alpha value is -1.26. The molecule has 2 unspecified atom stereocenters. The van der Waals surface area contributed by atoms with Crippen molar-refractivity contribution in [3.63, 3.8) is 0 Å². The zero-order valence-corrected chi connectivity index (χ0v) is 12.5. The number of carbonyl (C=O) groups excluding carboxylic acids is 1. The highest BCUT2D eigenvalue weighted by Crippen LogP contribution is 2.49. The van der Waals surface area contributed by atoms with Gasteiger partial charge in [-0.3, -0.25) is 9.59 Å². The Morgan fingerprint density at radius 3 is 2.60 bits per heavy atom. The van der Waals surface area contributed by atoms with E-state index in [9.17, 15) is 9.59 Å². The molecule has 1 fully saturated rings. The molecule has 0 aromatic heterocycles. The van der Waals surface area contributed by atoms with Gasteiger partial charge in [0.25, 0.3) is 0 Å². The third-order valence-corrected chi connectivity index (χ3v) is 4.24. The maximum absolute atomic E-state index is 12.2. The van der Waals surface area contributed by atoms with E-state index in [0.29, 0.717) is 16.6 Å². The predicted octanol–water partition coefficient (Wildman–Crippen LogP) is 3.03. The second kappa shape index (κ2) is 6.02. The van der Waals surface area contributed by atoms with Crippen molar-refractivity contribution >= 4 is 35.1 Å². The van der Waals surface area contributed by atoms with Crippen molar-refractivity contribution in [3.05, 3.63) is 33.8 Å². The van der Waals surface area contributed by atoms with E-state index >= 15 is 0 Å². The lowest BCUT2D eigenvalue weighted by Crippen LogP contribution is -2.36. The number of benzene rings is 1. The summed E-state index contributed by atoms with van der Waals surface area (Å²) < 4.78 is 0. The van der Waals surface area contributed by atoms with Crippen LogP contribution < -0.4 is 0 Å². The van der Waals surface area contributed by atoms with Gasteiger partial charge in [0.05, 0.1) is 10.0 Å². The molecule has 1 aromatic rings. The minimum absolute atomic E-state index is 0.106. The number of aliphatic carboxylic acids is 1. The van der Waals surface area contributed by atoms with Crippen LogP contribution in [0.2, 0.25) is 10.0 Å². The second-order valence-corrected chi connectivity index (χ2v) is 5.68. The van der Waals surface area contributed by atoms with E-state index < -0.39 is 5.97 Å². The molecule has 4 nitrogen and oxygen atoms in total. The molecule has 0 bridgehead atoms. The molecule has 2 rings (SSSR count). The van der Waals surface area contributed by atoms with E-state index in [0.717, 1.165) is 12.0 Å². The number of amides is 1. The van der Waals surface area contributed by atoms with Crippen LogP contribution in [0.5, 0.6) is 0 Å². The minimum atomic E-state index is -0.994. The monoisotopic (exact) mass is 315 g/mol. The summed E-state index contributed by atoms with van der Waals surface area (Å²) in [5.74, 6) is -1.13. The molecule has 1 aromatic carbocycles. The van der Waals surface area contributed by atoms with Gasteiger partial charge in [-0.15, -0.1) is 0 Å². The SMILES string of the molecule is CCN(CC(=O)O)C(=O)C1CC1c1ccc(Cl)c(Cl)c1. The van der Waals surface area contributed by atoms with Crippen LogP contribution in [0.3, 0.4) is 0 Å². The highest BCUT2D eigenvalue weighted by molar-refractivity contribution is 6.42. The van der Waals surface area contributed by atoms with Gasteiger partial charge >= 0.3 is 5.97 Å². The average molecular weight is 316 g/mol. The lowest BCUT2D eigenvalue weighted by atomic mass is 10.1. The van der Waals surface area contributed by atoms with Crippen LogP contribution in [0.25, 0.3) is 0 Å². The molecule has 1 saturated carbocycles. The zero-order valence-electron chi connectivity index (χ0n) is 11.0. The molecule has 1 N–H and O–H groups in total. The molecule has 1 amide bonds. The van der Waals surface area contributed by atoms with Gasteiger partial charge in [0.2, 0.25) is 5.91 Å². The Balaban J connectivity index is 2.04. The van der Waals surface area contributed by atoms with Crippen molar-refractivity contribution in [3.8, 4) is 0 Å². The summed E-state index contributed by atoms with van der Waals surface area (Å²) in [7, 11) is 0. The summed E-state index contributed by atoms with van der Waals surface area (Å²) in [5.41, 5.74) is 0.976. The van der Waals surface area contributed by atoms with Gasteiger partial charge in [-0.2, -0.15) is 0 Å². The Morgan fingerprint density at radius 2 is 2.05 bits per heavy atom. The molecular formula is C14H15Cl2NO3. The van der Waals surface area contributed by atoms with E-state index in [2.05, 4.69) is 0 Å². The fraction of sp³-hybridized carbons (Fsp3) is 0.429. The van der Waals surface area contributed by atoms with Gasteiger partial charge < -0.3 is 10.0 Å². The fourth-order valence-corrected chi connectivity index (χ4v) is 2.63. The number of nitrogens with zero attached hydrogens (tertiary/aromatic N) is 1. The van der Waals surface area contributed by atoms with Crippen LogP contribution >= 0.6 is 23.2 Å². The topological polar surface area (TPSA) is 57.6 Å². The summed E-state index contributed by atoms with van der Waals surface area (Å²) in [6.07, 6.45) is 0.729. The molecule has 6 heteroatoms. The molecule has 0 saturated heterocycles. The summed E-state index contributed by atoms with van der Waals surface area (Å²) in [5, 5.41) is 9.75. The maximum atomic E-state index is 12.2. The van der Waals surface area contributed by atoms with Crippen LogP contribution in [0, 0.1) is 5.92 Å². The van der Waals surface area contributed by atoms with E-state index in [1.165, 1.54) is 4.90 Å². The first kappa shape index (κ1) is 15.1. The highest BCUT2D eigenvalue weighted by atomic mass is 35.5. The van der Waals surface area contributed by atoms with Gasteiger partial charge in [-0.05, 0) is 37.0 Å². The molecule has 2 atom stereocenters. The number of hydrogen-bond donors (Lipinski definition) is 1. The van der Waals surface area contributed by atoms with Crippen LogP contribution in [-0.4, -0.2) is 35.0 Å². The summed E-state index contributed by atoms with van der Waals surface area (Å²) >= 11 is 11.8. The standard InChI is InChI=1S/C14H15Cl2NO3/c1-2-17(7-13(18)19)14(20)10-6-9(10)8-3-4-11(15)12(16)5-8/h3-5,9-10H,2,6-7H2,1H3,(H,18,19). The Kier molecular flexibility index (Phi) is 4.55. The molecule has 1 aliphatic rings. The van der Waals surface area contributed by atoms with E-state index in [1.54, 1.807) is 19.1 Å². The normalized spacial score (nSPS) is 20.6. The Labute approximate surface area is 127 Å². The maximum Gasteiger partial charge on any atom is 0.323 e. The van der Waals surface area contributed by atoms with Gasteiger partial charge in [0, 0.05) is 12.5 Å². The third-order valence-electron chi connectivity index (χ3n) is 3.50. The van der Waals surface area contributed by atoms with Crippen molar-refractivity contribution in [2.75, 3.05) is 13.1 Å². The second-order valence-electron chi connectivity index (χ2n) is 4.87. The summed E-state index contributed by atoms with van der Waals surface area (Å²) in [6, 6.07) is 5.35. The first-order valence-electron chi connectivity index (χ1n) is 6.39. The number of likely N-dealkylation sites (N-methyl/N-ethyl adjacent to an activating group) is 1. The van der Waals surface area contributed by atoms with Crippen molar-refractivity contribution in [2.45, 2.75) is 19.3 Å². The molecule has 0 aliphatic heterocycles. The molecule has 0 heterocycles. The number of rotatable bonds is 5. The largest absolute Gasteiger partial charge is 0.480 e. The van der Waals surface area contributed by atoms with E-state index in [1.807, 2.05) is 6.07 Å².